The Morgan fingerprint density at radius 2 is 2.06 bits per heavy atom. The standard InChI is InChI=1S/C13H19NO3/c1-5-9(3)14-10(4)6-8(2)11(13(14)17)7-12(15)16/h6,9H,5,7H2,1-4H3,(H,15,16). The Bertz CT molecular complexity index is 488. The zero-order valence-corrected chi connectivity index (χ0v) is 10.8. The lowest BCUT2D eigenvalue weighted by Gasteiger charge is -2.19. The van der Waals surface area contributed by atoms with E-state index in [0.29, 0.717) is 5.56 Å². The molecule has 94 valence electrons. The van der Waals surface area contributed by atoms with Gasteiger partial charge in [0.25, 0.3) is 5.56 Å². The van der Waals surface area contributed by atoms with Crippen molar-refractivity contribution in [2.75, 3.05) is 0 Å². The second kappa shape index (κ2) is 5.17. The minimum absolute atomic E-state index is 0.0932. The van der Waals surface area contributed by atoms with Crippen LogP contribution in [-0.2, 0) is 11.2 Å². The SMILES string of the molecule is CCC(C)n1c(C)cc(C)c(CC(=O)O)c1=O. The Hall–Kier alpha value is -1.58. The van der Waals surface area contributed by atoms with Crippen molar-refractivity contribution in [2.24, 2.45) is 0 Å². The van der Waals surface area contributed by atoms with Gasteiger partial charge in [0.05, 0.1) is 6.42 Å². The summed E-state index contributed by atoms with van der Waals surface area (Å²) in [6.45, 7) is 7.64. The zero-order valence-electron chi connectivity index (χ0n) is 10.8. The molecule has 1 atom stereocenters. The van der Waals surface area contributed by atoms with E-state index >= 15 is 0 Å². The van der Waals surface area contributed by atoms with E-state index in [-0.39, 0.29) is 18.0 Å². The number of hydrogen-bond donors (Lipinski definition) is 1. The number of rotatable bonds is 4. The molecule has 0 aromatic carbocycles. The normalized spacial score (nSPS) is 12.5. The molecule has 0 amide bonds. The number of aliphatic carboxylic acids is 1. The van der Waals surface area contributed by atoms with E-state index in [4.69, 9.17) is 5.11 Å². The molecule has 1 heterocycles. The van der Waals surface area contributed by atoms with Gasteiger partial charge in [-0.05, 0) is 38.8 Å². The highest BCUT2D eigenvalue weighted by Gasteiger charge is 2.15. The summed E-state index contributed by atoms with van der Waals surface area (Å²) >= 11 is 0. The molecule has 0 aliphatic heterocycles. The molecular weight excluding hydrogens is 218 g/mol. The van der Waals surface area contributed by atoms with Crippen molar-refractivity contribution in [3.8, 4) is 0 Å². The Balaban J connectivity index is 3.43. The van der Waals surface area contributed by atoms with Crippen LogP contribution in [0.1, 0.15) is 43.1 Å². The third-order valence-electron chi connectivity index (χ3n) is 3.12. The molecule has 4 nitrogen and oxygen atoms in total. The fraction of sp³-hybridized carbons (Fsp3) is 0.538. The molecule has 4 heteroatoms. The molecule has 0 saturated carbocycles. The van der Waals surface area contributed by atoms with Crippen LogP contribution in [0.25, 0.3) is 0 Å². The van der Waals surface area contributed by atoms with Crippen LogP contribution in [0.2, 0.25) is 0 Å². The van der Waals surface area contributed by atoms with Crippen molar-refractivity contribution in [1.82, 2.24) is 4.57 Å². The van der Waals surface area contributed by atoms with Gasteiger partial charge < -0.3 is 9.67 Å². The van der Waals surface area contributed by atoms with Gasteiger partial charge in [-0.1, -0.05) is 6.92 Å². The van der Waals surface area contributed by atoms with E-state index in [1.165, 1.54) is 0 Å². The molecule has 0 radical (unpaired) electrons. The highest BCUT2D eigenvalue weighted by molar-refractivity contribution is 5.70. The number of pyridine rings is 1. The van der Waals surface area contributed by atoms with Crippen molar-refractivity contribution in [2.45, 2.75) is 46.6 Å². The molecule has 1 rings (SSSR count). The van der Waals surface area contributed by atoms with E-state index in [9.17, 15) is 9.59 Å². The van der Waals surface area contributed by atoms with Gasteiger partial charge in [0.1, 0.15) is 0 Å². The van der Waals surface area contributed by atoms with Crippen molar-refractivity contribution in [3.05, 3.63) is 33.2 Å². The first-order valence-electron chi connectivity index (χ1n) is 5.81. The topological polar surface area (TPSA) is 59.3 Å². The second-order valence-corrected chi connectivity index (χ2v) is 4.45. The van der Waals surface area contributed by atoms with Crippen LogP contribution >= 0.6 is 0 Å². The maximum Gasteiger partial charge on any atom is 0.308 e. The number of aromatic nitrogens is 1. The summed E-state index contributed by atoms with van der Waals surface area (Å²) in [6.07, 6.45) is 0.637. The van der Waals surface area contributed by atoms with Crippen LogP contribution in [0, 0.1) is 13.8 Å². The van der Waals surface area contributed by atoms with Gasteiger partial charge in [0.15, 0.2) is 0 Å². The van der Waals surface area contributed by atoms with E-state index in [0.717, 1.165) is 17.7 Å². The smallest absolute Gasteiger partial charge is 0.308 e. The van der Waals surface area contributed by atoms with E-state index in [2.05, 4.69) is 0 Å². The second-order valence-electron chi connectivity index (χ2n) is 4.45. The third kappa shape index (κ3) is 2.75. The summed E-state index contributed by atoms with van der Waals surface area (Å²) in [5.41, 5.74) is 1.87. The molecular formula is C13H19NO3. The van der Waals surface area contributed by atoms with E-state index in [1.54, 1.807) is 11.5 Å². The minimum atomic E-state index is -0.968. The summed E-state index contributed by atoms with van der Waals surface area (Å²) in [4.78, 5) is 23.0. The molecule has 1 N–H and O–H groups in total. The summed E-state index contributed by atoms with van der Waals surface area (Å²) in [6, 6.07) is 1.97. The lowest BCUT2D eigenvalue weighted by atomic mass is 10.1. The highest BCUT2D eigenvalue weighted by atomic mass is 16.4. The first kappa shape index (κ1) is 13.5. The molecule has 1 aromatic rings. The first-order chi connectivity index (χ1) is 7.88. The third-order valence-corrected chi connectivity index (χ3v) is 3.12. The average molecular weight is 237 g/mol. The minimum Gasteiger partial charge on any atom is -0.481 e. The first-order valence-corrected chi connectivity index (χ1v) is 5.81. The zero-order chi connectivity index (χ0) is 13.2. The highest BCUT2D eigenvalue weighted by Crippen LogP contribution is 2.14. The number of carboxylic acid groups (broad SMARTS) is 1. The van der Waals surface area contributed by atoms with Crippen LogP contribution in [0.3, 0.4) is 0 Å². The molecule has 0 aliphatic carbocycles. The monoisotopic (exact) mass is 237 g/mol. The van der Waals surface area contributed by atoms with Gasteiger partial charge in [-0.15, -0.1) is 0 Å². The van der Waals surface area contributed by atoms with Crippen molar-refractivity contribution >= 4 is 5.97 Å². The van der Waals surface area contributed by atoms with Crippen molar-refractivity contribution < 1.29 is 9.90 Å². The number of carboxylic acids is 1. The number of nitrogens with zero attached hydrogens (tertiary/aromatic N) is 1. The van der Waals surface area contributed by atoms with E-state index < -0.39 is 5.97 Å². The molecule has 0 bridgehead atoms. The molecule has 0 saturated heterocycles. The Labute approximate surface area is 101 Å². The largest absolute Gasteiger partial charge is 0.481 e. The summed E-state index contributed by atoms with van der Waals surface area (Å²) in [7, 11) is 0. The van der Waals surface area contributed by atoms with Gasteiger partial charge in [-0.25, -0.2) is 0 Å². The van der Waals surface area contributed by atoms with Crippen LogP contribution in [0.4, 0.5) is 0 Å². The quantitative estimate of drug-likeness (QED) is 0.872. The molecule has 17 heavy (non-hydrogen) atoms. The number of aryl methyl sites for hydroxylation is 2. The number of carbonyl (C=O) groups is 1. The van der Waals surface area contributed by atoms with Gasteiger partial charge in [0, 0.05) is 17.3 Å². The van der Waals surface area contributed by atoms with Gasteiger partial charge in [0.2, 0.25) is 0 Å². The Morgan fingerprint density at radius 1 is 1.47 bits per heavy atom. The van der Waals surface area contributed by atoms with Crippen LogP contribution in [-0.4, -0.2) is 15.6 Å². The van der Waals surface area contributed by atoms with Crippen molar-refractivity contribution in [1.29, 1.82) is 0 Å². The molecule has 1 unspecified atom stereocenters. The summed E-state index contributed by atoms with van der Waals surface area (Å²) in [5, 5.41) is 8.82. The molecule has 0 spiro atoms. The number of hydrogen-bond acceptors (Lipinski definition) is 2. The van der Waals surface area contributed by atoms with Crippen molar-refractivity contribution in [3.63, 3.8) is 0 Å². The molecule has 0 fully saturated rings. The Morgan fingerprint density at radius 3 is 2.53 bits per heavy atom. The van der Waals surface area contributed by atoms with Gasteiger partial charge in [-0.3, -0.25) is 9.59 Å². The fourth-order valence-corrected chi connectivity index (χ4v) is 2.04. The fourth-order valence-electron chi connectivity index (χ4n) is 2.04. The van der Waals surface area contributed by atoms with Crippen LogP contribution in [0.15, 0.2) is 10.9 Å². The predicted molar refractivity (Wildman–Crippen MR) is 66.5 cm³/mol. The predicted octanol–water partition coefficient (Wildman–Crippen LogP) is 2.06. The lowest BCUT2D eigenvalue weighted by molar-refractivity contribution is -0.136. The van der Waals surface area contributed by atoms with Crippen LogP contribution < -0.4 is 5.56 Å². The summed E-state index contributed by atoms with van der Waals surface area (Å²) in [5.74, 6) is -0.968. The maximum absolute atomic E-state index is 12.2. The van der Waals surface area contributed by atoms with E-state index in [1.807, 2.05) is 26.8 Å². The summed E-state index contributed by atoms with van der Waals surface area (Å²) < 4.78 is 1.69. The Kier molecular flexibility index (Phi) is 4.10. The lowest BCUT2D eigenvalue weighted by Crippen LogP contribution is -2.30. The molecule has 1 aromatic heterocycles. The van der Waals surface area contributed by atoms with Gasteiger partial charge >= 0.3 is 5.97 Å². The van der Waals surface area contributed by atoms with Crippen LogP contribution in [0.5, 0.6) is 0 Å². The molecule has 0 aliphatic rings. The van der Waals surface area contributed by atoms with Gasteiger partial charge in [-0.2, -0.15) is 0 Å². The average Bonchev–Trinajstić information content (AvgIpc) is 2.23. The maximum atomic E-state index is 12.2.